The van der Waals surface area contributed by atoms with Gasteiger partial charge in [0.1, 0.15) is 11.2 Å². The van der Waals surface area contributed by atoms with Crippen molar-refractivity contribution in [3.05, 3.63) is 98.8 Å². The van der Waals surface area contributed by atoms with Gasteiger partial charge in [0.05, 0.1) is 22.5 Å². The predicted molar refractivity (Wildman–Crippen MR) is 136 cm³/mol. The van der Waals surface area contributed by atoms with Crippen molar-refractivity contribution >= 4 is 48.4 Å². The fourth-order valence-corrected chi connectivity index (χ4v) is 4.68. The van der Waals surface area contributed by atoms with Gasteiger partial charge in [0.25, 0.3) is 5.56 Å². The minimum Gasteiger partial charge on any atom is -0.268 e. The van der Waals surface area contributed by atoms with Crippen LogP contribution in [0.4, 0.5) is 0 Å². The number of hydrogen-bond acceptors (Lipinski definition) is 5. The lowest BCUT2D eigenvalue weighted by atomic mass is 10.2. The molecule has 170 valence electrons. The van der Waals surface area contributed by atoms with E-state index in [0.717, 1.165) is 16.3 Å². The Kier molecular flexibility index (Phi) is 5.63. The molecule has 5 aromatic rings. The second-order valence-electron chi connectivity index (χ2n) is 7.62. The molecule has 0 saturated carbocycles. The first-order chi connectivity index (χ1) is 16.2. The van der Waals surface area contributed by atoms with Crippen LogP contribution in [-0.2, 0) is 9.84 Å². The summed E-state index contributed by atoms with van der Waals surface area (Å²) < 4.78 is 28.0. The van der Waals surface area contributed by atoms with Crippen LogP contribution in [-0.4, -0.2) is 34.0 Å². The summed E-state index contributed by atoms with van der Waals surface area (Å²) in [6.07, 6.45) is 2.58. The zero-order valence-corrected chi connectivity index (χ0v) is 20.8. The van der Waals surface area contributed by atoms with Crippen molar-refractivity contribution in [3.8, 4) is 22.8 Å². The lowest BCUT2D eigenvalue weighted by Gasteiger charge is -2.14. The van der Waals surface area contributed by atoms with Gasteiger partial charge < -0.3 is 0 Å². The van der Waals surface area contributed by atoms with Gasteiger partial charge >= 0.3 is 0 Å². The minimum atomic E-state index is -3.42. The van der Waals surface area contributed by atoms with Gasteiger partial charge in [-0.05, 0) is 54.6 Å². The summed E-state index contributed by atoms with van der Waals surface area (Å²) in [4.78, 5) is 18.7. The van der Waals surface area contributed by atoms with Crippen molar-refractivity contribution in [1.29, 1.82) is 0 Å². The molecule has 34 heavy (non-hydrogen) atoms. The predicted octanol–water partition coefficient (Wildman–Crippen LogP) is 5.06. The van der Waals surface area contributed by atoms with E-state index in [1.165, 1.54) is 27.6 Å². The van der Waals surface area contributed by atoms with E-state index in [0.29, 0.717) is 33.3 Å². The van der Waals surface area contributed by atoms with Gasteiger partial charge in [-0.15, -0.1) is 0 Å². The van der Waals surface area contributed by atoms with E-state index < -0.39 is 9.84 Å². The Morgan fingerprint density at radius 1 is 0.941 bits per heavy atom. The molecular weight excluding hydrogens is 540 g/mol. The van der Waals surface area contributed by atoms with Crippen molar-refractivity contribution in [1.82, 2.24) is 19.3 Å². The second kappa shape index (κ2) is 8.50. The Morgan fingerprint density at radius 2 is 1.65 bits per heavy atom. The van der Waals surface area contributed by atoms with Crippen LogP contribution in [0.2, 0.25) is 5.02 Å². The zero-order chi connectivity index (χ0) is 24.0. The van der Waals surface area contributed by atoms with Gasteiger partial charge in [-0.25, -0.2) is 18.1 Å². The normalized spacial score (nSPS) is 11.7. The van der Waals surface area contributed by atoms with Crippen molar-refractivity contribution < 1.29 is 8.42 Å². The third-order valence-corrected chi connectivity index (χ3v) is 7.17. The summed E-state index contributed by atoms with van der Waals surface area (Å²) in [6.45, 7) is 0. The molecule has 0 radical (unpaired) electrons. The van der Waals surface area contributed by atoms with Crippen LogP contribution >= 0.6 is 27.5 Å². The Bertz CT molecular complexity index is 1710. The van der Waals surface area contributed by atoms with E-state index in [9.17, 15) is 13.2 Å². The van der Waals surface area contributed by atoms with Crippen LogP contribution in [0.3, 0.4) is 0 Å². The van der Waals surface area contributed by atoms with Crippen LogP contribution in [0.1, 0.15) is 0 Å². The van der Waals surface area contributed by atoms with Crippen molar-refractivity contribution in [2.24, 2.45) is 0 Å². The third kappa shape index (κ3) is 4.06. The Hall–Kier alpha value is -3.27. The van der Waals surface area contributed by atoms with E-state index in [-0.39, 0.29) is 10.5 Å². The number of hydrogen-bond donors (Lipinski definition) is 0. The molecule has 3 aromatic carbocycles. The van der Waals surface area contributed by atoms with E-state index in [1.807, 2.05) is 24.3 Å². The highest BCUT2D eigenvalue weighted by molar-refractivity contribution is 9.10. The summed E-state index contributed by atoms with van der Waals surface area (Å²) >= 11 is 9.50. The quantitative estimate of drug-likeness (QED) is 0.309. The van der Waals surface area contributed by atoms with Crippen LogP contribution in [0.5, 0.6) is 0 Å². The zero-order valence-electron chi connectivity index (χ0n) is 17.7. The molecule has 0 spiro atoms. The molecule has 0 aliphatic rings. The smallest absolute Gasteiger partial charge is 0.268 e. The first kappa shape index (κ1) is 22.5. The van der Waals surface area contributed by atoms with Gasteiger partial charge in [0, 0.05) is 21.3 Å². The number of fused-ring (bicyclic) bond motifs is 1. The molecule has 0 amide bonds. The van der Waals surface area contributed by atoms with Crippen LogP contribution in [0.25, 0.3) is 33.8 Å². The molecule has 0 N–H and O–H groups in total. The molecule has 0 aliphatic heterocycles. The Labute approximate surface area is 208 Å². The number of halogens is 2. The Balaban J connectivity index is 1.82. The van der Waals surface area contributed by atoms with Gasteiger partial charge in [-0.1, -0.05) is 45.7 Å². The number of rotatable bonds is 4. The molecule has 0 atom stereocenters. The second-order valence-corrected chi connectivity index (χ2v) is 11.0. The van der Waals surface area contributed by atoms with Crippen LogP contribution < -0.4 is 5.56 Å². The summed E-state index contributed by atoms with van der Waals surface area (Å²) in [5.74, 6) is 0.411. The van der Waals surface area contributed by atoms with Crippen LogP contribution in [0, 0.1) is 0 Å². The summed E-state index contributed by atoms with van der Waals surface area (Å²) in [5, 5.41) is 5.21. The van der Waals surface area contributed by atoms with Gasteiger partial charge in [0.2, 0.25) is 0 Å². The molecule has 0 unspecified atom stereocenters. The third-order valence-electron chi connectivity index (χ3n) is 5.28. The molecule has 0 fully saturated rings. The van der Waals surface area contributed by atoms with E-state index in [4.69, 9.17) is 16.6 Å². The average molecular weight is 556 g/mol. The standard InChI is InChI=1S/C24H16BrClN4O3S/c1-34(32,33)20-4-2-3-19(13-20)30-23-21(14-27-30)24(31)29(18-11-9-17(26)10-12-18)22(28-23)15-5-7-16(25)8-6-15/h2-14H,1H3. The first-order valence-corrected chi connectivity index (χ1v) is 13.1. The van der Waals surface area contributed by atoms with Gasteiger partial charge in [-0.2, -0.15) is 5.10 Å². The fraction of sp³-hybridized carbons (Fsp3) is 0.0417. The molecule has 0 saturated heterocycles. The highest BCUT2D eigenvalue weighted by Crippen LogP contribution is 2.26. The monoisotopic (exact) mass is 554 g/mol. The summed E-state index contributed by atoms with van der Waals surface area (Å²) in [6, 6.07) is 20.7. The maximum atomic E-state index is 13.7. The molecule has 0 aliphatic carbocycles. The average Bonchev–Trinajstić information content (AvgIpc) is 3.24. The Morgan fingerprint density at radius 3 is 2.32 bits per heavy atom. The first-order valence-electron chi connectivity index (χ1n) is 10.1. The fourth-order valence-electron chi connectivity index (χ4n) is 3.62. The SMILES string of the molecule is CS(=O)(=O)c1cccc(-n2ncc3c(=O)n(-c4ccc(Cl)cc4)c(-c4ccc(Br)cc4)nc32)c1. The van der Waals surface area contributed by atoms with Crippen molar-refractivity contribution in [3.63, 3.8) is 0 Å². The van der Waals surface area contributed by atoms with Crippen molar-refractivity contribution in [2.45, 2.75) is 4.90 Å². The number of aromatic nitrogens is 4. The molecule has 2 aromatic heterocycles. The highest BCUT2D eigenvalue weighted by atomic mass is 79.9. The van der Waals surface area contributed by atoms with Crippen LogP contribution in [0.15, 0.2) is 93.2 Å². The number of sulfone groups is 1. The summed E-state index contributed by atoms with van der Waals surface area (Å²) in [7, 11) is -3.42. The topological polar surface area (TPSA) is 86.9 Å². The lowest BCUT2D eigenvalue weighted by Crippen LogP contribution is -2.22. The van der Waals surface area contributed by atoms with Gasteiger partial charge in [0.15, 0.2) is 15.5 Å². The lowest BCUT2D eigenvalue weighted by molar-refractivity contribution is 0.601. The molecule has 7 nitrogen and oxygen atoms in total. The van der Waals surface area contributed by atoms with Gasteiger partial charge in [-0.3, -0.25) is 9.36 Å². The number of benzene rings is 3. The molecule has 0 bridgehead atoms. The van der Waals surface area contributed by atoms with E-state index >= 15 is 0 Å². The number of nitrogens with zero attached hydrogens (tertiary/aromatic N) is 4. The maximum Gasteiger partial charge on any atom is 0.269 e. The highest BCUT2D eigenvalue weighted by Gasteiger charge is 2.19. The largest absolute Gasteiger partial charge is 0.269 e. The molecule has 5 rings (SSSR count). The molecular formula is C24H16BrClN4O3S. The summed E-state index contributed by atoms with van der Waals surface area (Å²) in [5.41, 5.74) is 1.81. The maximum absolute atomic E-state index is 13.7. The molecule has 10 heteroatoms. The van der Waals surface area contributed by atoms with E-state index in [1.54, 1.807) is 36.4 Å². The molecule has 2 heterocycles. The van der Waals surface area contributed by atoms with Crippen molar-refractivity contribution in [2.75, 3.05) is 6.26 Å². The van der Waals surface area contributed by atoms with E-state index in [2.05, 4.69) is 21.0 Å². The minimum absolute atomic E-state index is 0.149.